The molecule has 8 heteroatoms. The van der Waals surface area contributed by atoms with Crippen LogP contribution >= 0.6 is 0 Å². The number of carboxylic acids is 1. The van der Waals surface area contributed by atoms with Crippen LogP contribution < -0.4 is 21.9 Å². The maximum Gasteiger partial charge on any atom is 0.335 e. The van der Waals surface area contributed by atoms with Gasteiger partial charge in [0.1, 0.15) is 11.8 Å². The van der Waals surface area contributed by atoms with E-state index in [4.69, 9.17) is 27.0 Å². The van der Waals surface area contributed by atoms with Crippen molar-refractivity contribution in [3.8, 4) is 5.75 Å². The minimum absolute atomic E-state index is 0.00957. The third kappa shape index (κ3) is 5.91. The smallest absolute Gasteiger partial charge is 0.335 e. The Kier molecular flexibility index (Phi) is 6.15. The quantitative estimate of drug-likeness (QED) is 0.176. The highest BCUT2D eigenvalue weighted by Crippen LogP contribution is 2.13. The van der Waals surface area contributed by atoms with Crippen molar-refractivity contribution in [2.24, 2.45) is 22.2 Å². The number of aromatic carboxylic acids is 1. The van der Waals surface area contributed by atoms with Gasteiger partial charge in [-0.3, -0.25) is 4.99 Å². The number of benzene rings is 1. The van der Waals surface area contributed by atoms with E-state index in [0.717, 1.165) is 0 Å². The number of nitrogens with two attached hydrogens (primary N) is 3. The number of carboxylic acid groups (broad SMARTS) is 1. The number of rotatable bonds is 7. The van der Waals surface area contributed by atoms with Gasteiger partial charge in [0.15, 0.2) is 5.96 Å². The van der Waals surface area contributed by atoms with Crippen molar-refractivity contribution in [1.29, 1.82) is 0 Å². The molecule has 1 aromatic rings. The molecule has 0 fully saturated rings. The molecule has 0 amide bonds. The summed E-state index contributed by atoms with van der Waals surface area (Å²) < 4.78 is 5.05. The second-order valence-electron chi connectivity index (χ2n) is 4.31. The van der Waals surface area contributed by atoms with Crippen LogP contribution in [0.4, 0.5) is 0 Å². The summed E-state index contributed by atoms with van der Waals surface area (Å²) in [5.41, 5.74) is 16.1. The van der Waals surface area contributed by atoms with Crippen LogP contribution in [0.15, 0.2) is 29.3 Å². The molecule has 114 valence electrons. The van der Waals surface area contributed by atoms with E-state index >= 15 is 0 Å². The summed E-state index contributed by atoms with van der Waals surface area (Å²) in [4.78, 5) is 26.2. The minimum atomic E-state index is -1.05. The molecule has 0 aliphatic rings. The van der Waals surface area contributed by atoms with Gasteiger partial charge in [-0.2, -0.15) is 0 Å². The summed E-state index contributed by atoms with van der Waals surface area (Å²) in [5.74, 6) is -1.42. The first-order valence-electron chi connectivity index (χ1n) is 6.26. The Balaban J connectivity index is 2.44. The second-order valence-corrected chi connectivity index (χ2v) is 4.31. The van der Waals surface area contributed by atoms with Crippen LogP contribution in [0.1, 0.15) is 23.2 Å². The highest BCUT2D eigenvalue weighted by molar-refractivity contribution is 5.87. The van der Waals surface area contributed by atoms with Crippen LogP contribution in [0.25, 0.3) is 0 Å². The average molecular weight is 294 g/mol. The summed E-state index contributed by atoms with van der Waals surface area (Å²) in [6, 6.07) is 4.68. The van der Waals surface area contributed by atoms with Gasteiger partial charge in [-0.25, -0.2) is 9.59 Å². The minimum Gasteiger partial charge on any atom is -0.478 e. The van der Waals surface area contributed by atoms with Gasteiger partial charge in [0.25, 0.3) is 0 Å². The van der Waals surface area contributed by atoms with Crippen molar-refractivity contribution in [2.45, 2.75) is 18.9 Å². The zero-order chi connectivity index (χ0) is 15.8. The maximum absolute atomic E-state index is 11.7. The van der Waals surface area contributed by atoms with Crippen LogP contribution in [-0.2, 0) is 4.79 Å². The van der Waals surface area contributed by atoms with Crippen LogP contribution in [0.2, 0.25) is 0 Å². The number of esters is 1. The number of nitrogens with zero attached hydrogens (tertiary/aromatic N) is 1. The summed E-state index contributed by atoms with van der Waals surface area (Å²) >= 11 is 0. The van der Waals surface area contributed by atoms with Gasteiger partial charge in [0.2, 0.25) is 0 Å². The number of carbonyl (C=O) groups excluding carboxylic acids is 1. The van der Waals surface area contributed by atoms with E-state index in [-0.39, 0.29) is 17.3 Å². The molecule has 0 unspecified atom stereocenters. The van der Waals surface area contributed by atoms with Gasteiger partial charge >= 0.3 is 11.9 Å². The average Bonchev–Trinajstić information content (AvgIpc) is 2.43. The Morgan fingerprint density at radius 2 is 1.86 bits per heavy atom. The van der Waals surface area contributed by atoms with Gasteiger partial charge < -0.3 is 27.0 Å². The van der Waals surface area contributed by atoms with Gasteiger partial charge in [-0.05, 0) is 37.1 Å². The lowest BCUT2D eigenvalue weighted by Gasteiger charge is -2.10. The first kappa shape index (κ1) is 16.4. The van der Waals surface area contributed by atoms with Crippen LogP contribution in [0.5, 0.6) is 5.75 Å². The Morgan fingerprint density at radius 1 is 1.24 bits per heavy atom. The summed E-state index contributed by atoms with van der Waals surface area (Å²) in [7, 11) is 0. The predicted molar refractivity (Wildman–Crippen MR) is 76.9 cm³/mol. The van der Waals surface area contributed by atoms with E-state index in [2.05, 4.69) is 4.99 Å². The molecule has 1 atom stereocenters. The number of ether oxygens (including phenoxy) is 1. The first-order chi connectivity index (χ1) is 9.90. The number of hydrogen-bond donors (Lipinski definition) is 4. The number of aliphatic imine (C=N–C) groups is 1. The molecule has 7 N–H and O–H groups in total. The molecule has 1 rings (SSSR count). The highest BCUT2D eigenvalue weighted by atomic mass is 16.5. The lowest BCUT2D eigenvalue weighted by atomic mass is 10.1. The van der Waals surface area contributed by atoms with E-state index in [9.17, 15) is 9.59 Å². The number of carbonyl (C=O) groups is 2. The van der Waals surface area contributed by atoms with Crippen molar-refractivity contribution in [2.75, 3.05) is 6.54 Å². The third-order valence-electron chi connectivity index (χ3n) is 2.59. The van der Waals surface area contributed by atoms with Crippen molar-refractivity contribution in [3.63, 3.8) is 0 Å². The van der Waals surface area contributed by atoms with Crippen molar-refractivity contribution >= 4 is 17.9 Å². The van der Waals surface area contributed by atoms with E-state index in [1.807, 2.05) is 0 Å². The lowest BCUT2D eigenvalue weighted by Crippen LogP contribution is -2.34. The normalized spacial score (nSPS) is 11.5. The maximum atomic E-state index is 11.7. The van der Waals surface area contributed by atoms with E-state index in [1.165, 1.54) is 24.3 Å². The van der Waals surface area contributed by atoms with E-state index < -0.39 is 18.0 Å². The Bertz CT molecular complexity index is 523. The van der Waals surface area contributed by atoms with Crippen LogP contribution in [0.3, 0.4) is 0 Å². The van der Waals surface area contributed by atoms with Gasteiger partial charge in [-0.1, -0.05) is 0 Å². The molecule has 1 aromatic carbocycles. The van der Waals surface area contributed by atoms with Crippen LogP contribution in [-0.4, -0.2) is 35.6 Å². The van der Waals surface area contributed by atoms with Gasteiger partial charge in [0.05, 0.1) is 5.56 Å². The molecule has 0 bridgehead atoms. The SMILES string of the molecule is NC(N)=NCCC[C@@H](N)C(=O)Oc1ccc(C(=O)O)cc1. The molecule has 0 spiro atoms. The largest absolute Gasteiger partial charge is 0.478 e. The standard InChI is InChI=1S/C13H18N4O4/c14-10(2-1-7-17-13(15)16)12(20)21-9-5-3-8(4-6-9)11(18)19/h3-6,10H,1-2,7,14H2,(H,18,19)(H4,15,16,17)/t10-/m1/s1. The van der Waals surface area contributed by atoms with Crippen LogP contribution in [0, 0.1) is 0 Å². The lowest BCUT2D eigenvalue weighted by molar-refractivity contribution is -0.136. The fourth-order valence-electron chi connectivity index (χ4n) is 1.49. The van der Waals surface area contributed by atoms with Crippen molar-refractivity contribution < 1.29 is 19.4 Å². The summed E-state index contributed by atoms with van der Waals surface area (Å²) in [6.45, 7) is 0.386. The van der Waals surface area contributed by atoms with E-state index in [1.54, 1.807) is 0 Å². The molecule has 21 heavy (non-hydrogen) atoms. The Morgan fingerprint density at radius 3 is 2.38 bits per heavy atom. The fourth-order valence-corrected chi connectivity index (χ4v) is 1.49. The molecule has 0 aliphatic heterocycles. The number of hydrogen-bond acceptors (Lipinski definition) is 5. The summed E-state index contributed by atoms with van der Waals surface area (Å²) in [6.07, 6.45) is 0.926. The second kappa shape index (κ2) is 7.85. The third-order valence-corrected chi connectivity index (χ3v) is 2.59. The molecule has 0 aromatic heterocycles. The van der Waals surface area contributed by atoms with Gasteiger partial charge in [0, 0.05) is 6.54 Å². The molecule has 0 heterocycles. The van der Waals surface area contributed by atoms with Crippen molar-refractivity contribution in [1.82, 2.24) is 0 Å². The fraction of sp³-hybridized carbons (Fsp3) is 0.308. The van der Waals surface area contributed by atoms with Crippen molar-refractivity contribution in [3.05, 3.63) is 29.8 Å². The monoisotopic (exact) mass is 294 g/mol. The molecular weight excluding hydrogens is 276 g/mol. The molecule has 0 radical (unpaired) electrons. The van der Waals surface area contributed by atoms with E-state index in [0.29, 0.717) is 19.4 Å². The molecule has 0 saturated heterocycles. The molecule has 8 nitrogen and oxygen atoms in total. The Hall–Kier alpha value is -2.61. The number of guanidine groups is 1. The molecular formula is C13H18N4O4. The zero-order valence-corrected chi connectivity index (χ0v) is 11.4. The molecule has 0 aliphatic carbocycles. The molecule has 0 saturated carbocycles. The zero-order valence-electron chi connectivity index (χ0n) is 11.4. The summed E-state index contributed by atoms with van der Waals surface area (Å²) in [5, 5.41) is 8.75. The first-order valence-corrected chi connectivity index (χ1v) is 6.26. The predicted octanol–water partition coefficient (Wildman–Crippen LogP) is -0.329. The van der Waals surface area contributed by atoms with Gasteiger partial charge in [-0.15, -0.1) is 0 Å². The Labute approximate surface area is 121 Å². The topological polar surface area (TPSA) is 154 Å². The highest BCUT2D eigenvalue weighted by Gasteiger charge is 2.15.